The minimum atomic E-state index is -3.90. The molecule has 148 valence electrons. The van der Waals surface area contributed by atoms with E-state index in [0.29, 0.717) is 30.3 Å². The minimum absolute atomic E-state index is 0.0107. The lowest BCUT2D eigenvalue weighted by Crippen LogP contribution is -2.14. The van der Waals surface area contributed by atoms with Crippen LogP contribution in [-0.2, 0) is 14.8 Å². The summed E-state index contributed by atoms with van der Waals surface area (Å²) >= 11 is 0.909. The summed E-state index contributed by atoms with van der Waals surface area (Å²) in [6, 6.07) is 7.23. The van der Waals surface area contributed by atoms with Gasteiger partial charge in [-0.05, 0) is 24.3 Å². The molecule has 0 radical (unpaired) electrons. The smallest absolute Gasteiger partial charge is 0.263 e. The monoisotopic (exact) mass is 422 g/mol. The molecule has 1 aliphatic heterocycles. The number of carbonyl (C=O) groups is 2. The third kappa shape index (κ3) is 5.02. The standard InChI is InChI=1S/C18H18N2O6S2/c1-12(21)27-11-15(22)13-3-6-18(19-10-13)20-28(23,24)14-4-5-16-17(9-14)26-8-2-7-25-16/h3-6,9-10H,2,7-8,11H2,1H3,(H,19,20). The number of pyridine rings is 1. The van der Waals surface area contributed by atoms with Crippen molar-refractivity contribution in [3.63, 3.8) is 0 Å². The zero-order valence-corrected chi connectivity index (χ0v) is 16.6. The number of hydrogen-bond acceptors (Lipinski definition) is 8. The number of nitrogens with zero attached hydrogens (tertiary/aromatic N) is 1. The van der Waals surface area contributed by atoms with Crippen LogP contribution >= 0.6 is 11.8 Å². The fourth-order valence-corrected chi connectivity index (χ4v) is 3.90. The van der Waals surface area contributed by atoms with E-state index in [2.05, 4.69) is 9.71 Å². The highest BCUT2D eigenvalue weighted by molar-refractivity contribution is 8.14. The summed E-state index contributed by atoms with van der Waals surface area (Å²) in [4.78, 5) is 26.9. The number of ether oxygens (including phenoxy) is 2. The lowest BCUT2D eigenvalue weighted by molar-refractivity contribution is -0.109. The normalized spacial score (nSPS) is 13.5. The number of Topliss-reactive ketones (excluding diaryl/α,β-unsaturated/α-hetero) is 1. The summed E-state index contributed by atoms with van der Waals surface area (Å²) in [5.41, 5.74) is 0.298. The third-order valence-electron chi connectivity index (χ3n) is 3.76. The summed E-state index contributed by atoms with van der Waals surface area (Å²) in [5.74, 6) is 0.699. The third-order valence-corrected chi connectivity index (χ3v) is 5.93. The summed E-state index contributed by atoms with van der Waals surface area (Å²) < 4.78 is 38.6. The number of ketones is 1. The van der Waals surface area contributed by atoms with Crippen molar-refractivity contribution >= 4 is 38.5 Å². The molecule has 3 rings (SSSR count). The highest BCUT2D eigenvalue weighted by atomic mass is 32.2. The van der Waals surface area contributed by atoms with Crippen LogP contribution in [0, 0.1) is 0 Å². The summed E-state index contributed by atoms with van der Waals surface area (Å²) in [6.07, 6.45) is 1.99. The van der Waals surface area contributed by atoms with Gasteiger partial charge >= 0.3 is 0 Å². The van der Waals surface area contributed by atoms with Crippen molar-refractivity contribution in [2.45, 2.75) is 18.2 Å². The molecular weight excluding hydrogens is 404 g/mol. The van der Waals surface area contributed by atoms with Gasteiger partial charge in [0.15, 0.2) is 22.4 Å². The van der Waals surface area contributed by atoms with Crippen LogP contribution in [0.5, 0.6) is 11.5 Å². The van der Waals surface area contributed by atoms with Crippen molar-refractivity contribution in [3.8, 4) is 11.5 Å². The molecule has 0 saturated heterocycles. The van der Waals surface area contributed by atoms with Crippen molar-refractivity contribution in [2.24, 2.45) is 0 Å². The molecule has 1 N–H and O–H groups in total. The number of benzene rings is 1. The molecule has 1 aliphatic rings. The minimum Gasteiger partial charge on any atom is -0.490 e. The van der Waals surface area contributed by atoms with Crippen LogP contribution in [0.25, 0.3) is 0 Å². The molecule has 28 heavy (non-hydrogen) atoms. The van der Waals surface area contributed by atoms with Crippen LogP contribution in [-0.4, -0.2) is 43.3 Å². The Morgan fingerprint density at radius 2 is 1.89 bits per heavy atom. The van der Waals surface area contributed by atoms with Crippen molar-refractivity contribution in [1.82, 2.24) is 4.98 Å². The van der Waals surface area contributed by atoms with E-state index in [4.69, 9.17) is 9.47 Å². The highest BCUT2D eigenvalue weighted by Crippen LogP contribution is 2.32. The Kier molecular flexibility index (Phi) is 6.20. The first-order valence-corrected chi connectivity index (χ1v) is 10.9. The predicted octanol–water partition coefficient (Wildman–Crippen LogP) is 2.51. The number of rotatable bonds is 6. The van der Waals surface area contributed by atoms with Crippen LogP contribution in [0.2, 0.25) is 0 Å². The Balaban J connectivity index is 1.73. The van der Waals surface area contributed by atoms with Gasteiger partial charge in [-0.3, -0.25) is 14.3 Å². The van der Waals surface area contributed by atoms with Crippen molar-refractivity contribution in [3.05, 3.63) is 42.1 Å². The van der Waals surface area contributed by atoms with E-state index < -0.39 is 10.0 Å². The number of anilines is 1. The predicted molar refractivity (Wildman–Crippen MR) is 105 cm³/mol. The topological polar surface area (TPSA) is 112 Å². The Morgan fingerprint density at radius 1 is 1.14 bits per heavy atom. The zero-order valence-electron chi connectivity index (χ0n) is 15.0. The molecule has 0 saturated carbocycles. The number of hydrogen-bond donors (Lipinski definition) is 1. The molecule has 0 unspecified atom stereocenters. The first-order valence-electron chi connectivity index (χ1n) is 8.40. The van der Waals surface area contributed by atoms with Gasteiger partial charge in [0, 0.05) is 31.2 Å². The Hall–Kier alpha value is -2.59. The maximum Gasteiger partial charge on any atom is 0.263 e. The summed E-state index contributed by atoms with van der Waals surface area (Å²) in [7, 11) is -3.90. The molecule has 2 aromatic rings. The van der Waals surface area contributed by atoms with E-state index in [9.17, 15) is 18.0 Å². The van der Waals surface area contributed by atoms with Crippen molar-refractivity contribution in [1.29, 1.82) is 0 Å². The number of thioether (sulfide) groups is 1. The second-order valence-corrected chi connectivity index (χ2v) is 8.73. The second kappa shape index (κ2) is 8.61. The quantitative estimate of drug-likeness (QED) is 0.707. The second-order valence-electron chi connectivity index (χ2n) is 5.90. The Morgan fingerprint density at radius 3 is 2.57 bits per heavy atom. The van der Waals surface area contributed by atoms with E-state index in [1.165, 1.54) is 37.4 Å². The van der Waals surface area contributed by atoms with Crippen LogP contribution in [0.3, 0.4) is 0 Å². The van der Waals surface area contributed by atoms with Crippen LogP contribution in [0.15, 0.2) is 41.4 Å². The number of nitrogens with one attached hydrogen (secondary N) is 1. The molecule has 0 bridgehead atoms. The number of sulfonamides is 1. The van der Waals surface area contributed by atoms with Gasteiger partial charge in [0.1, 0.15) is 5.82 Å². The first-order chi connectivity index (χ1) is 13.3. The van der Waals surface area contributed by atoms with Gasteiger partial charge in [0.2, 0.25) is 0 Å². The first kappa shape index (κ1) is 20.2. The van der Waals surface area contributed by atoms with Gasteiger partial charge in [-0.1, -0.05) is 11.8 Å². The van der Waals surface area contributed by atoms with Gasteiger partial charge in [-0.15, -0.1) is 0 Å². The number of carbonyl (C=O) groups excluding carboxylic acids is 2. The molecule has 1 aromatic carbocycles. The molecule has 0 amide bonds. The molecule has 0 atom stereocenters. The molecule has 0 aliphatic carbocycles. The van der Waals surface area contributed by atoms with Gasteiger partial charge in [-0.25, -0.2) is 13.4 Å². The van der Waals surface area contributed by atoms with E-state index in [1.54, 1.807) is 6.07 Å². The van der Waals surface area contributed by atoms with Gasteiger partial charge in [0.05, 0.1) is 23.9 Å². The lowest BCUT2D eigenvalue weighted by Gasteiger charge is -2.11. The molecule has 0 spiro atoms. The molecule has 8 nitrogen and oxygen atoms in total. The molecule has 0 fully saturated rings. The molecule has 1 aromatic heterocycles. The fourth-order valence-electron chi connectivity index (χ4n) is 2.38. The number of fused-ring (bicyclic) bond motifs is 1. The Bertz CT molecular complexity index is 990. The maximum absolute atomic E-state index is 12.6. The van der Waals surface area contributed by atoms with Crippen molar-refractivity contribution in [2.75, 3.05) is 23.7 Å². The van der Waals surface area contributed by atoms with Crippen LogP contribution in [0.1, 0.15) is 23.7 Å². The van der Waals surface area contributed by atoms with Crippen LogP contribution in [0.4, 0.5) is 5.82 Å². The van der Waals surface area contributed by atoms with Gasteiger partial charge < -0.3 is 9.47 Å². The zero-order chi connectivity index (χ0) is 20.1. The van der Waals surface area contributed by atoms with E-state index in [1.807, 2.05) is 0 Å². The largest absolute Gasteiger partial charge is 0.490 e. The Labute approximate surface area is 166 Å². The summed E-state index contributed by atoms with van der Waals surface area (Å²) in [6.45, 7) is 2.34. The number of aromatic nitrogens is 1. The SMILES string of the molecule is CC(=O)SCC(=O)c1ccc(NS(=O)(=O)c2ccc3c(c2)OCCCO3)nc1. The molecule has 10 heteroatoms. The average Bonchev–Trinajstić information content (AvgIpc) is 2.91. The van der Waals surface area contributed by atoms with Gasteiger partial charge in [-0.2, -0.15) is 0 Å². The lowest BCUT2D eigenvalue weighted by atomic mass is 10.2. The fraction of sp³-hybridized carbons (Fsp3) is 0.278. The van der Waals surface area contributed by atoms with Crippen LogP contribution < -0.4 is 14.2 Å². The van der Waals surface area contributed by atoms with E-state index in [0.717, 1.165) is 18.2 Å². The van der Waals surface area contributed by atoms with Crippen molar-refractivity contribution < 1.29 is 27.5 Å². The highest BCUT2D eigenvalue weighted by Gasteiger charge is 2.19. The van der Waals surface area contributed by atoms with E-state index >= 15 is 0 Å². The average molecular weight is 422 g/mol. The summed E-state index contributed by atoms with van der Waals surface area (Å²) in [5, 5.41) is -0.152. The van der Waals surface area contributed by atoms with E-state index in [-0.39, 0.29) is 27.4 Å². The molecule has 2 heterocycles. The maximum atomic E-state index is 12.6. The molecular formula is C18H18N2O6S2. The van der Waals surface area contributed by atoms with Gasteiger partial charge in [0.25, 0.3) is 10.0 Å².